The Morgan fingerprint density at radius 1 is 1.11 bits per heavy atom. The van der Waals surface area contributed by atoms with Crippen LogP contribution in [0.5, 0.6) is 0 Å². The molecule has 1 saturated heterocycles. The van der Waals surface area contributed by atoms with Crippen LogP contribution in [0.25, 0.3) is 0 Å². The summed E-state index contributed by atoms with van der Waals surface area (Å²) < 4.78 is 0. The highest BCUT2D eigenvalue weighted by molar-refractivity contribution is 5.95. The molecule has 1 aliphatic heterocycles. The molecule has 2 unspecified atom stereocenters. The standard InChI is InChI=1S/C15H24N2O2/c1-10(11-7-8-11)17-9-13(18)16-14(15(17)19)12-5-3-2-4-6-12/h10-12,14H,2-9H2,1H3,(H,16,18). The van der Waals surface area contributed by atoms with Crippen LogP contribution in [0.3, 0.4) is 0 Å². The third-order valence-electron chi connectivity index (χ3n) is 5.10. The second kappa shape index (κ2) is 5.14. The molecule has 3 fully saturated rings. The molecule has 4 heteroatoms. The SMILES string of the molecule is CC(C1CC1)N1CC(=O)NC(C2CCCCC2)C1=O. The van der Waals surface area contributed by atoms with E-state index in [1.807, 2.05) is 4.90 Å². The maximum Gasteiger partial charge on any atom is 0.246 e. The lowest BCUT2D eigenvalue weighted by atomic mass is 9.82. The Morgan fingerprint density at radius 3 is 2.42 bits per heavy atom. The van der Waals surface area contributed by atoms with Gasteiger partial charge in [0.1, 0.15) is 6.04 Å². The monoisotopic (exact) mass is 264 g/mol. The normalized spacial score (nSPS) is 31.2. The van der Waals surface area contributed by atoms with E-state index in [0.29, 0.717) is 11.8 Å². The van der Waals surface area contributed by atoms with Crippen LogP contribution in [0.1, 0.15) is 51.9 Å². The van der Waals surface area contributed by atoms with Gasteiger partial charge in [-0.15, -0.1) is 0 Å². The van der Waals surface area contributed by atoms with Crippen molar-refractivity contribution in [3.05, 3.63) is 0 Å². The quantitative estimate of drug-likeness (QED) is 0.843. The zero-order valence-electron chi connectivity index (χ0n) is 11.7. The van der Waals surface area contributed by atoms with Crippen LogP contribution in [0.4, 0.5) is 0 Å². The lowest BCUT2D eigenvalue weighted by molar-refractivity contribution is -0.148. The van der Waals surface area contributed by atoms with E-state index in [1.54, 1.807) is 0 Å². The van der Waals surface area contributed by atoms with Crippen LogP contribution in [0.2, 0.25) is 0 Å². The van der Waals surface area contributed by atoms with Gasteiger partial charge in [0.2, 0.25) is 11.8 Å². The van der Waals surface area contributed by atoms with E-state index in [9.17, 15) is 9.59 Å². The molecule has 1 N–H and O–H groups in total. The van der Waals surface area contributed by atoms with Crippen molar-refractivity contribution in [3.63, 3.8) is 0 Å². The lowest BCUT2D eigenvalue weighted by Crippen LogP contribution is -2.62. The molecule has 19 heavy (non-hydrogen) atoms. The Hall–Kier alpha value is -1.06. The van der Waals surface area contributed by atoms with E-state index in [1.165, 1.54) is 32.1 Å². The highest BCUT2D eigenvalue weighted by atomic mass is 16.2. The fraction of sp³-hybridized carbons (Fsp3) is 0.867. The number of nitrogens with one attached hydrogen (secondary N) is 1. The fourth-order valence-corrected chi connectivity index (χ4v) is 3.66. The van der Waals surface area contributed by atoms with Crippen molar-refractivity contribution < 1.29 is 9.59 Å². The first-order valence-electron chi connectivity index (χ1n) is 7.76. The number of nitrogens with zero attached hydrogens (tertiary/aromatic N) is 1. The van der Waals surface area contributed by atoms with E-state index < -0.39 is 0 Å². The number of rotatable bonds is 3. The maximum atomic E-state index is 12.7. The minimum Gasteiger partial charge on any atom is -0.342 e. The Balaban J connectivity index is 1.72. The minimum absolute atomic E-state index is 0.0303. The van der Waals surface area contributed by atoms with Crippen molar-refractivity contribution in [2.24, 2.45) is 11.8 Å². The molecule has 0 spiro atoms. The first kappa shape index (κ1) is 12.9. The van der Waals surface area contributed by atoms with Gasteiger partial charge in [0.15, 0.2) is 0 Å². The zero-order chi connectivity index (χ0) is 13.4. The van der Waals surface area contributed by atoms with E-state index in [4.69, 9.17) is 0 Å². The predicted molar refractivity (Wildman–Crippen MR) is 72.4 cm³/mol. The number of carbonyl (C=O) groups is 2. The first-order valence-corrected chi connectivity index (χ1v) is 7.76. The summed E-state index contributed by atoms with van der Waals surface area (Å²) in [6, 6.07) is -0.00705. The fourth-order valence-electron chi connectivity index (χ4n) is 3.66. The van der Waals surface area contributed by atoms with Gasteiger partial charge in [-0.1, -0.05) is 19.3 Å². The average molecular weight is 264 g/mol. The van der Waals surface area contributed by atoms with Crippen LogP contribution in [-0.2, 0) is 9.59 Å². The Morgan fingerprint density at radius 2 is 1.79 bits per heavy atom. The predicted octanol–water partition coefficient (Wildman–Crippen LogP) is 1.69. The number of amides is 2. The van der Waals surface area contributed by atoms with Gasteiger partial charge in [-0.3, -0.25) is 9.59 Å². The third kappa shape index (κ3) is 2.63. The molecule has 3 rings (SSSR count). The maximum absolute atomic E-state index is 12.7. The third-order valence-corrected chi connectivity index (χ3v) is 5.10. The molecule has 3 aliphatic rings. The molecule has 0 bridgehead atoms. The van der Waals surface area contributed by atoms with Crippen molar-refractivity contribution >= 4 is 11.8 Å². The minimum atomic E-state index is -0.247. The summed E-state index contributed by atoms with van der Waals surface area (Å²) in [6.45, 7) is 2.37. The summed E-state index contributed by atoms with van der Waals surface area (Å²) in [7, 11) is 0. The molecule has 106 valence electrons. The van der Waals surface area contributed by atoms with Crippen LogP contribution in [-0.4, -0.2) is 35.3 Å². The van der Waals surface area contributed by atoms with E-state index in [0.717, 1.165) is 12.8 Å². The largest absolute Gasteiger partial charge is 0.342 e. The summed E-state index contributed by atoms with van der Waals surface area (Å²) in [5.74, 6) is 1.19. The van der Waals surface area contributed by atoms with Gasteiger partial charge < -0.3 is 10.2 Å². The molecule has 0 aromatic rings. The van der Waals surface area contributed by atoms with Crippen LogP contribution in [0.15, 0.2) is 0 Å². The lowest BCUT2D eigenvalue weighted by Gasteiger charge is -2.40. The van der Waals surface area contributed by atoms with Gasteiger partial charge in [-0.05, 0) is 44.4 Å². The summed E-state index contributed by atoms with van der Waals surface area (Å²) >= 11 is 0. The van der Waals surface area contributed by atoms with E-state index in [2.05, 4.69) is 12.2 Å². The molecule has 2 aliphatic carbocycles. The van der Waals surface area contributed by atoms with Crippen molar-refractivity contribution in [1.82, 2.24) is 10.2 Å². The summed E-state index contributed by atoms with van der Waals surface area (Å²) in [4.78, 5) is 26.4. The van der Waals surface area contributed by atoms with Crippen LogP contribution < -0.4 is 5.32 Å². The zero-order valence-corrected chi connectivity index (χ0v) is 11.7. The van der Waals surface area contributed by atoms with Crippen molar-refractivity contribution in [2.75, 3.05) is 6.54 Å². The molecular formula is C15H24N2O2. The van der Waals surface area contributed by atoms with Gasteiger partial charge in [-0.25, -0.2) is 0 Å². The van der Waals surface area contributed by atoms with Crippen molar-refractivity contribution in [2.45, 2.75) is 64.0 Å². The summed E-state index contributed by atoms with van der Waals surface area (Å²) in [6.07, 6.45) is 8.25. The van der Waals surface area contributed by atoms with Crippen LogP contribution >= 0.6 is 0 Å². The molecule has 2 amide bonds. The molecule has 4 nitrogen and oxygen atoms in total. The number of carbonyl (C=O) groups excluding carboxylic acids is 2. The van der Waals surface area contributed by atoms with Gasteiger partial charge >= 0.3 is 0 Å². The average Bonchev–Trinajstić information content (AvgIpc) is 3.26. The highest BCUT2D eigenvalue weighted by Gasteiger charge is 2.43. The van der Waals surface area contributed by atoms with E-state index in [-0.39, 0.29) is 30.4 Å². The van der Waals surface area contributed by atoms with Crippen molar-refractivity contribution in [3.8, 4) is 0 Å². The van der Waals surface area contributed by atoms with Gasteiger partial charge in [0.25, 0.3) is 0 Å². The summed E-state index contributed by atoms with van der Waals surface area (Å²) in [5, 5.41) is 2.95. The smallest absolute Gasteiger partial charge is 0.246 e. The Kier molecular flexibility index (Phi) is 3.50. The van der Waals surface area contributed by atoms with Crippen molar-refractivity contribution in [1.29, 1.82) is 0 Å². The molecule has 0 aromatic heterocycles. The number of piperazine rings is 1. The second-order valence-corrected chi connectivity index (χ2v) is 6.49. The Labute approximate surface area is 114 Å². The van der Waals surface area contributed by atoms with Gasteiger partial charge in [0.05, 0.1) is 6.54 Å². The molecule has 0 aromatic carbocycles. The van der Waals surface area contributed by atoms with Gasteiger partial charge in [-0.2, -0.15) is 0 Å². The molecular weight excluding hydrogens is 240 g/mol. The number of hydrogen-bond donors (Lipinski definition) is 1. The highest BCUT2D eigenvalue weighted by Crippen LogP contribution is 2.36. The molecule has 1 heterocycles. The summed E-state index contributed by atoms with van der Waals surface area (Å²) in [5.41, 5.74) is 0. The molecule has 0 radical (unpaired) electrons. The number of hydrogen-bond acceptors (Lipinski definition) is 2. The van der Waals surface area contributed by atoms with Gasteiger partial charge in [0, 0.05) is 6.04 Å². The Bertz CT molecular complexity index is 372. The first-order chi connectivity index (χ1) is 9.16. The molecule has 2 saturated carbocycles. The molecule has 2 atom stereocenters. The topological polar surface area (TPSA) is 49.4 Å². The van der Waals surface area contributed by atoms with E-state index >= 15 is 0 Å². The second-order valence-electron chi connectivity index (χ2n) is 6.49. The van der Waals surface area contributed by atoms with Crippen LogP contribution in [0, 0.1) is 11.8 Å².